The molecule has 0 unspecified atom stereocenters. The van der Waals surface area contributed by atoms with Gasteiger partial charge in [-0.2, -0.15) is 5.26 Å². The van der Waals surface area contributed by atoms with E-state index in [0.29, 0.717) is 0 Å². The first-order chi connectivity index (χ1) is 7.81. The number of piperidine rings is 1. The zero-order chi connectivity index (χ0) is 11.4. The smallest absolute Gasteiger partial charge is 0.123 e. The van der Waals surface area contributed by atoms with Crippen LogP contribution in [0.1, 0.15) is 30.9 Å². The van der Waals surface area contributed by atoms with E-state index in [1.807, 2.05) is 24.3 Å². The van der Waals surface area contributed by atoms with Crippen molar-refractivity contribution < 1.29 is 0 Å². The largest absolute Gasteiger partial charge is 0.284 e. The maximum Gasteiger partial charge on any atom is 0.123 e. The fraction of sp³-hybridized carbons (Fsp3) is 0.462. The number of nitrogens with zero attached hydrogens (tertiary/aromatic N) is 2. The number of rotatable bonds is 2. The van der Waals surface area contributed by atoms with E-state index in [1.54, 1.807) is 0 Å². The molecule has 1 fully saturated rings. The Morgan fingerprint density at radius 3 is 2.31 bits per heavy atom. The second-order valence-electron chi connectivity index (χ2n) is 4.18. The quantitative estimate of drug-likeness (QED) is 0.784. The Kier molecular flexibility index (Phi) is 3.82. The lowest BCUT2D eigenvalue weighted by Crippen LogP contribution is -2.33. The summed E-state index contributed by atoms with van der Waals surface area (Å²) in [6, 6.07) is 9.88. The van der Waals surface area contributed by atoms with E-state index in [0.717, 1.165) is 23.7 Å². The molecular weight excluding hydrogens is 220 g/mol. The average molecular weight is 235 g/mol. The summed E-state index contributed by atoms with van der Waals surface area (Å²) in [5.41, 5.74) is 1.05. The van der Waals surface area contributed by atoms with Gasteiger partial charge in [-0.05, 0) is 43.6 Å². The minimum atomic E-state index is -0.113. The molecule has 16 heavy (non-hydrogen) atoms. The van der Waals surface area contributed by atoms with Crippen molar-refractivity contribution in [2.75, 3.05) is 13.1 Å². The Labute approximate surface area is 101 Å². The Hall–Kier alpha value is -1.04. The van der Waals surface area contributed by atoms with Gasteiger partial charge in [0.15, 0.2) is 0 Å². The second kappa shape index (κ2) is 5.34. The molecule has 1 aliphatic heterocycles. The van der Waals surface area contributed by atoms with Crippen LogP contribution in [0.3, 0.4) is 0 Å². The van der Waals surface area contributed by atoms with Crippen LogP contribution < -0.4 is 0 Å². The van der Waals surface area contributed by atoms with Gasteiger partial charge in [0.05, 0.1) is 6.07 Å². The first kappa shape index (κ1) is 11.4. The molecule has 0 N–H and O–H groups in total. The maximum absolute atomic E-state index is 9.28. The highest BCUT2D eigenvalue weighted by Gasteiger charge is 2.21. The van der Waals surface area contributed by atoms with Gasteiger partial charge < -0.3 is 0 Å². The van der Waals surface area contributed by atoms with Crippen LogP contribution in [0.4, 0.5) is 0 Å². The van der Waals surface area contributed by atoms with Crippen LogP contribution in [-0.2, 0) is 0 Å². The minimum Gasteiger partial charge on any atom is -0.284 e. The Bertz CT molecular complexity index is 374. The second-order valence-corrected chi connectivity index (χ2v) is 4.62. The highest BCUT2D eigenvalue weighted by Crippen LogP contribution is 2.24. The van der Waals surface area contributed by atoms with Crippen LogP contribution in [-0.4, -0.2) is 18.0 Å². The molecule has 0 saturated carbocycles. The number of hydrogen-bond donors (Lipinski definition) is 0. The number of likely N-dealkylation sites (tertiary alicyclic amines) is 1. The number of hydrogen-bond acceptors (Lipinski definition) is 2. The third kappa shape index (κ3) is 2.55. The molecule has 1 heterocycles. The van der Waals surface area contributed by atoms with Crippen LogP contribution in [0.25, 0.3) is 0 Å². The zero-order valence-electron chi connectivity index (χ0n) is 9.19. The van der Waals surface area contributed by atoms with Gasteiger partial charge in [-0.1, -0.05) is 30.2 Å². The van der Waals surface area contributed by atoms with E-state index in [9.17, 15) is 5.26 Å². The van der Waals surface area contributed by atoms with Crippen molar-refractivity contribution in [3.63, 3.8) is 0 Å². The van der Waals surface area contributed by atoms with Crippen LogP contribution in [0.2, 0.25) is 5.02 Å². The number of nitriles is 1. The van der Waals surface area contributed by atoms with Crippen molar-refractivity contribution in [3.8, 4) is 6.07 Å². The molecule has 1 atom stereocenters. The van der Waals surface area contributed by atoms with Crippen molar-refractivity contribution in [1.29, 1.82) is 5.26 Å². The van der Waals surface area contributed by atoms with Gasteiger partial charge in [0.2, 0.25) is 0 Å². The van der Waals surface area contributed by atoms with Gasteiger partial charge in [0.1, 0.15) is 6.04 Å². The molecule has 3 heteroatoms. The van der Waals surface area contributed by atoms with E-state index in [1.165, 1.54) is 19.3 Å². The van der Waals surface area contributed by atoms with Crippen LogP contribution in [0.15, 0.2) is 24.3 Å². The van der Waals surface area contributed by atoms with Crippen molar-refractivity contribution in [1.82, 2.24) is 4.90 Å². The molecule has 0 spiro atoms. The SMILES string of the molecule is N#C[C@H](c1ccc(Cl)cc1)N1CCCCC1. The highest BCUT2D eigenvalue weighted by molar-refractivity contribution is 6.30. The lowest BCUT2D eigenvalue weighted by molar-refractivity contribution is 0.196. The summed E-state index contributed by atoms with van der Waals surface area (Å²) in [7, 11) is 0. The Balaban J connectivity index is 2.15. The van der Waals surface area contributed by atoms with E-state index in [4.69, 9.17) is 11.6 Å². The summed E-state index contributed by atoms with van der Waals surface area (Å²) in [6.07, 6.45) is 3.69. The van der Waals surface area contributed by atoms with Gasteiger partial charge >= 0.3 is 0 Å². The van der Waals surface area contributed by atoms with Gasteiger partial charge in [-0.3, -0.25) is 4.90 Å². The number of halogens is 1. The molecule has 0 aromatic heterocycles. The van der Waals surface area contributed by atoms with E-state index < -0.39 is 0 Å². The van der Waals surface area contributed by atoms with Gasteiger partial charge in [0, 0.05) is 5.02 Å². The van der Waals surface area contributed by atoms with E-state index in [-0.39, 0.29) is 6.04 Å². The predicted octanol–water partition coefficient (Wildman–Crippen LogP) is 3.39. The molecule has 0 bridgehead atoms. The molecule has 0 aliphatic carbocycles. The molecule has 1 aliphatic rings. The van der Waals surface area contributed by atoms with Gasteiger partial charge in [0.25, 0.3) is 0 Å². The summed E-state index contributed by atoms with van der Waals surface area (Å²) in [4.78, 5) is 2.26. The molecule has 1 aromatic carbocycles. The summed E-state index contributed by atoms with van der Waals surface area (Å²) in [5, 5.41) is 10.00. The van der Waals surface area contributed by atoms with Crippen molar-refractivity contribution in [2.24, 2.45) is 0 Å². The molecule has 1 saturated heterocycles. The first-order valence-electron chi connectivity index (χ1n) is 5.70. The first-order valence-corrected chi connectivity index (χ1v) is 6.08. The van der Waals surface area contributed by atoms with Crippen LogP contribution in [0, 0.1) is 11.3 Å². The molecule has 84 valence electrons. The molecule has 2 rings (SSSR count). The molecular formula is C13H15ClN2. The minimum absolute atomic E-state index is 0.113. The Morgan fingerprint density at radius 2 is 1.75 bits per heavy atom. The van der Waals surface area contributed by atoms with Gasteiger partial charge in [-0.25, -0.2) is 0 Å². The Morgan fingerprint density at radius 1 is 1.12 bits per heavy atom. The van der Waals surface area contributed by atoms with E-state index in [2.05, 4.69) is 11.0 Å². The number of benzene rings is 1. The topological polar surface area (TPSA) is 27.0 Å². The molecule has 0 radical (unpaired) electrons. The van der Waals surface area contributed by atoms with E-state index >= 15 is 0 Å². The fourth-order valence-electron chi connectivity index (χ4n) is 2.19. The third-order valence-electron chi connectivity index (χ3n) is 3.06. The zero-order valence-corrected chi connectivity index (χ0v) is 9.95. The normalized spacial score (nSPS) is 19.0. The monoisotopic (exact) mass is 234 g/mol. The lowest BCUT2D eigenvalue weighted by atomic mass is 10.0. The van der Waals surface area contributed by atoms with Crippen molar-refractivity contribution in [3.05, 3.63) is 34.9 Å². The molecule has 1 aromatic rings. The van der Waals surface area contributed by atoms with Crippen molar-refractivity contribution >= 4 is 11.6 Å². The predicted molar refractivity (Wildman–Crippen MR) is 65.2 cm³/mol. The lowest BCUT2D eigenvalue weighted by Gasteiger charge is -2.30. The standard InChI is InChI=1S/C13H15ClN2/c14-12-6-4-11(5-7-12)13(10-15)16-8-2-1-3-9-16/h4-7,13H,1-3,8-9H2/t13-/m1/s1. The maximum atomic E-state index is 9.28. The highest BCUT2D eigenvalue weighted by atomic mass is 35.5. The average Bonchev–Trinajstić information content (AvgIpc) is 2.34. The summed E-state index contributed by atoms with van der Waals surface area (Å²) in [5.74, 6) is 0. The summed E-state index contributed by atoms with van der Waals surface area (Å²) < 4.78 is 0. The van der Waals surface area contributed by atoms with Crippen LogP contribution >= 0.6 is 11.6 Å². The van der Waals surface area contributed by atoms with Crippen LogP contribution in [0.5, 0.6) is 0 Å². The summed E-state index contributed by atoms with van der Waals surface area (Å²) >= 11 is 5.85. The van der Waals surface area contributed by atoms with Crippen molar-refractivity contribution in [2.45, 2.75) is 25.3 Å². The fourth-order valence-corrected chi connectivity index (χ4v) is 2.31. The molecule has 0 amide bonds. The molecule has 2 nitrogen and oxygen atoms in total. The summed E-state index contributed by atoms with van der Waals surface area (Å²) in [6.45, 7) is 2.06. The van der Waals surface area contributed by atoms with Gasteiger partial charge in [-0.15, -0.1) is 0 Å². The third-order valence-corrected chi connectivity index (χ3v) is 3.32.